The van der Waals surface area contributed by atoms with Crippen molar-refractivity contribution in [3.05, 3.63) is 117 Å². The minimum atomic E-state index is -0.946. The summed E-state index contributed by atoms with van der Waals surface area (Å²) in [6, 6.07) is 24.8. The fourth-order valence-corrected chi connectivity index (χ4v) is 7.13. The lowest BCUT2D eigenvalue weighted by Gasteiger charge is -2.26. The van der Waals surface area contributed by atoms with Crippen molar-refractivity contribution in [2.45, 2.75) is 63.3 Å². The summed E-state index contributed by atoms with van der Waals surface area (Å²) in [6.45, 7) is 0.826. The van der Waals surface area contributed by atoms with E-state index in [4.69, 9.17) is 26.8 Å². The summed E-state index contributed by atoms with van der Waals surface area (Å²) >= 11 is 6.57. The number of amides is 3. The molecular weight excluding hydrogens is 736 g/mol. The first-order chi connectivity index (χ1) is 27.1. The number of carbonyl (C=O) groups excluding carboxylic acids is 2. The van der Waals surface area contributed by atoms with Crippen molar-refractivity contribution >= 4 is 46.0 Å². The van der Waals surface area contributed by atoms with Gasteiger partial charge in [-0.15, -0.1) is 0 Å². The highest BCUT2D eigenvalue weighted by Gasteiger charge is 2.23. The first kappa shape index (κ1) is 40.1. The molecule has 0 aliphatic heterocycles. The Morgan fingerprint density at radius 2 is 1.75 bits per heavy atom. The number of anilines is 2. The van der Waals surface area contributed by atoms with Gasteiger partial charge < -0.3 is 46.4 Å². The fraction of sp³-hybridized carbons (Fsp3) is 0.310. The SMILES string of the molecule is COc1cc(NC(=O)NCCCc2ccc(-c3ccccc3)c(NC(=O)O[C@H]3CC[C@H](N)CC3)c2)c(Cl)cc1CNCC(O)c1ccc(O)c2[nH]c(=O)ccc12. The van der Waals surface area contributed by atoms with Gasteiger partial charge in [0.25, 0.3) is 0 Å². The standard InChI is InChI=1S/C42H47ClN6O7/c1-55-38-22-35(33(43)21-27(38)23-45-24-37(51)31-15-17-36(50)40-32(31)16-18-39(52)49-40)47-41(53)46-19-5-6-25-9-14-30(26-7-3-2-4-8-26)34(20-25)48-42(54)56-29-12-10-28(44)11-13-29/h2-4,7-9,14-18,20-22,28-29,37,45,50-51H,5-6,10-13,19,23-24,44H2,1H3,(H,48,54)(H,49,52)(H2,46,47,53)/t28-,29-,37?. The summed E-state index contributed by atoms with van der Waals surface area (Å²) in [7, 11) is 1.51. The molecule has 13 nitrogen and oxygen atoms in total. The second-order valence-corrected chi connectivity index (χ2v) is 14.3. The number of benzene rings is 4. The third-order valence-corrected chi connectivity index (χ3v) is 10.2. The topological polar surface area (TPSA) is 200 Å². The number of aryl methyl sites for hydroxylation is 1. The Kier molecular flexibility index (Phi) is 13.5. The van der Waals surface area contributed by atoms with E-state index in [2.05, 4.69) is 26.3 Å². The van der Waals surface area contributed by atoms with Crippen molar-refractivity contribution < 1.29 is 29.3 Å². The zero-order chi connectivity index (χ0) is 39.6. The minimum absolute atomic E-state index is 0.0852. The van der Waals surface area contributed by atoms with E-state index in [0.29, 0.717) is 64.6 Å². The number of ether oxygens (including phenoxy) is 2. The first-order valence-corrected chi connectivity index (χ1v) is 19.0. The maximum Gasteiger partial charge on any atom is 0.411 e. The smallest absolute Gasteiger partial charge is 0.411 e. The van der Waals surface area contributed by atoms with Gasteiger partial charge in [0.15, 0.2) is 0 Å². The van der Waals surface area contributed by atoms with Gasteiger partial charge in [-0.2, -0.15) is 0 Å². The number of halogens is 1. The molecule has 1 atom stereocenters. The molecule has 0 bridgehead atoms. The molecule has 56 heavy (non-hydrogen) atoms. The van der Waals surface area contributed by atoms with Gasteiger partial charge in [-0.3, -0.25) is 10.1 Å². The third-order valence-electron chi connectivity index (χ3n) is 9.86. The summed E-state index contributed by atoms with van der Waals surface area (Å²) in [5, 5.41) is 33.7. The highest BCUT2D eigenvalue weighted by molar-refractivity contribution is 6.33. The van der Waals surface area contributed by atoms with Crippen molar-refractivity contribution in [1.29, 1.82) is 0 Å². The normalized spacial score (nSPS) is 15.9. The second kappa shape index (κ2) is 18.8. The third kappa shape index (κ3) is 10.4. The molecule has 0 saturated heterocycles. The van der Waals surface area contributed by atoms with Crippen LogP contribution in [0, 0.1) is 0 Å². The van der Waals surface area contributed by atoms with Gasteiger partial charge in [-0.1, -0.05) is 60.1 Å². The average Bonchev–Trinajstić information content (AvgIpc) is 3.19. The number of aromatic hydroxyl groups is 1. The number of aromatic amines is 1. The van der Waals surface area contributed by atoms with Crippen molar-refractivity contribution in [2.24, 2.45) is 5.73 Å². The molecule has 0 spiro atoms. The summed E-state index contributed by atoms with van der Waals surface area (Å²) < 4.78 is 11.3. The molecule has 0 radical (unpaired) electrons. The number of aliphatic hydroxyl groups excluding tert-OH is 1. The molecule has 1 aromatic heterocycles. The van der Waals surface area contributed by atoms with E-state index in [9.17, 15) is 24.6 Å². The van der Waals surface area contributed by atoms with E-state index in [1.54, 1.807) is 24.3 Å². The lowest BCUT2D eigenvalue weighted by molar-refractivity contribution is 0.0826. The molecule has 1 fully saturated rings. The van der Waals surface area contributed by atoms with E-state index < -0.39 is 18.2 Å². The Morgan fingerprint density at radius 3 is 2.52 bits per heavy atom. The molecular formula is C42H47ClN6O7. The molecule has 14 heteroatoms. The number of hydrogen-bond donors (Lipinski definition) is 8. The van der Waals surface area contributed by atoms with Gasteiger partial charge in [0.05, 0.1) is 35.1 Å². The van der Waals surface area contributed by atoms with Gasteiger partial charge in [-0.05, 0) is 79.5 Å². The lowest BCUT2D eigenvalue weighted by Crippen LogP contribution is -2.32. The maximum absolute atomic E-state index is 12.9. The molecule has 4 aromatic carbocycles. The molecule has 1 heterocycles. The Hall–Kier alpha value is -5.60. The number of pyridine rings is 1. The molecule has 5 aromatic rings. The van der Waals surface area contributed by atoms with E-state index in [-0.39, 0.29) is 35.5 Å². The molecule has 6 rings (SSSR count). The number of H-pyrrole nitrogens is 1. The number of rotatable bonds is 14. The number of aliphatic hydroxyl groups is 1. The van der Waals surface area contributed by atoms with E-state index in [1.807, 2.05) is 48.5 Å². The predicted molar refractivity (Wildman–Crippen MR) is 218 cm³/mol. The molecule has 9 N–H and O–H groups in total. The van der Waals surface area contributed by atoms with Crippen LogP contribution < -0.4 is 37.3 Å². The largest absolute Gasteiger partial charge is 0.506 e. The Labute approximate surface area is 329 Å². The van der Waals surface area contributed by atoms with Crippen molar-refractivity contribution in [3.63, 3.8) is 0 Å². The molecule has 1 aliphatic rings. The zero-order valence-electron chi connectivity index (χ0n) is 31.1. The van der Waals surface area contributed by atoms with Crippen LogP contribution in [0.25, 0.3) is 22.0 Å². The highest BCUT2D eigenvalue weighted by atomic mass is 35.5. The quantitative estimate of drug-likeness (QED) is 0.0549. The van der Waals surface area contributed by atoms with Crippen LogP contribution in [0.15, 0.2) is 89.7 Å². The van der Waals surface area contributed by atoms with Crippen molar-refractivity contribution in [3.8, 4) is 22.6 Å². The molecule has 1 aliphatic carbocycles. The Morgan fingerprint density at radius 1 is 0.964 bits per heavy atom. The van der Waals surface area contributed by atoms with Gasteiger partial charge in [0.1, 0.15) is 17.6 Å². The van der Waals surface area contributed by atoms with Crippen LogP contribution in [-0.2, 0) is 17.7 Å². The van der Waals surface area contributed by atoms with E-state index in [0.717, 1.165) is 42.4 Å². The number of phenols is 1. The van der Waals surface area contributed by atoms with E-state index >= 15 is 0 Å². The summed E-state index contributed by atoms with van der Waals surface area (Å²) in [5.41, 5.74) is 11.0. The number of fused-ring (bicyclic) bond motifs is 1. The number of carbonyl (C=O) groups is 2. The fourth-order valence-electron chi connectivity index (χ4n) is 6.90. The number of phenolic OH excluding ortho intramolecular Hbond substituents is 1. The summed E-state index contributed by atoms with van der Waals surface area (Å²) in [6.07, 6.45) is 2.87. The number of urea groups is 1. The van der Waals surface area contributed by atoms with Gasteiger partial charge in [0, 0.05) is 54.3 Å². The molecule has 3 amide bonds. The number of nitrogens with two attached hydrogens (primary N) is 1. The van der Waals surface area contributed by atoms with Crippen LogP contribution in [0.4, 0.5) is 21.0 Å². The summed E-state index contributed by atoms with van der Waals surface area (Å²) in [4.78, 5) is 40.1. The van der Waals surface area contributed by atoms with E-state index in [1.165, 1.54) is 19.2 Å². The van der Waals surface area contributed by atoms with Crippen LogP contribution in [0.2, 0.25) is 5.02 Å². The van der Waals surface area contributed by atoms with Crippen LogP contribution in [0.3, 0.4) is 0 Å². The van der Waals surface area contributed by atoms with Crippen molar-refractivity contribution in [1.82, 2.24) is 15.6 Å². The second-order valence-electron chi connectivity index (χ2n) is 13.9. The Balaban J connectivity index is 1.00. The number of aromatic nitrogens is 1. The van der Waals surface area contributed by atoms with Crippen molar-refractivity contribution in [2.75, 3.05) is 30.8 Å². The minimum Gasteiger partial charge on any atom is -0.506 e. The number of methoxy groups -OCH3 is 1. The number of hydrogen-bond acceptors (Lipinski definition) is 9. The van der Waals surface area contributed by atoms with Gasteiger partial charge in [-0.25, -0.2) is 9.59 Å². The van der Waals surface area contributed by atoms with Gasteiger partial charge in [0.2, 0.25) is 5.56 Å². The van der Waals surface area contributed by atoms with Gasteiger partial charge >= 0.3 is 12.1 Å². The van der Waals surface area contributed by atoms with Crippen LogP contribution >= 0.6 is 11.6 Å². The zero-order valence-corrected chi connectivity index (χ0v) is 31.8. The molecule has 294 valence electrons. The highest BCUT2D eigenvalue weighted by Crippen LogP contribution is 2.33. The molecule has 1 saturated carbocycles. The predicted octanol–water partition coefficient (Wildman–Crippen LogP) is 6.96. The maximum atomic E-state index is 12.9. The average molecular weight is 783 g/mol. The van der Waals surface area contributed by atoms with Crippen LogP contribution in [0.1, 0.15) is 54.9 Å². The summed E-state index contributed by atoms with van der Waals surface area (Å²) in [5.74, 6) is 0.396. The lowest BCUT2D eigenvalue weighted by atomic mass is 9.94. The Bertz CT molecular complexity index is 2210. The van der Waals surface area contributed by atoms with Crippen LogP contribution in [-0.4, -0.2) is 59.7 Å². The first-order valence-electron chi connectivity index (χ1n) is 18.6. The molecule has 1 unspecified atom stereocenters. The van der Waals surface area contributed by atoms with Crippen LogP contribution in [0.5, 0.6) is 11.5 Å². The monoisotopic (exact) mass is 782 g/mol. The number of nitrogens with one attached hydrogen (secondary N) is 5.